The van der Waals surface area contributed by atoms with Gasteiger partial charge < -0.3 is 14.5 Å². The number of sulfonamides is 1. The first-order chi connectivity index (χ1) is 21.5. The summed E-state index contributed by atoms with van der Waals surface area (Å²) in [5.74, 6) is 0.951. The number of nitrogens with one attached hydrogen (secondary N) is 1. The smallest absolute Gasteiger partial charge is 0.416 e. The highest BCUT2D eigenvalue weighted by Crippen LogP contribution is 2.40. The summed E-state index contributed by atoms with van der Waals surface area (Å²) in [5, 5.41) is 4.47. The van der Waals surface area contributed by atoms with Crippen molar-refractivity contribution >= 4 is 37.7 Å². The zero-order valence-electron chi connectivity index (χ0n) is 23.9. The number of ether oxygens (including phenoxy) is 2. The molecular formula is C29H24F3N7O4S2. The minimum absolute atomic E-state index is 0.118. The molecule has 2 aromatic carbocycles. The van der Waals surface area contributed by atoms with Crippen molar-refractivity contribution in [2.45, 2.75) is 17.7 Å². The van der Waals surface area contributed by atoms with Crippen LogP contribution in [0.1, 0.15) is 11.1 Å². The lowest BCUT2D eigenvalue weighted by atomic mass is 9.95. The van der Waals surface area contributed by atoms with Crippen LogP contribution in [0.25, 0.3) is 33.4 Å². The molecule has 0 bridgehead atoms. The van der Waals surface area contributed by atoms with Crippen molar-refractivity contribution in [2.75, 3.05) is 18.5 Å². The number of nitrogens with zero attached hydrogens (tertiary/aromatic N) is 6. The molecule has 16 heteroatoms. The topological polar surface area (TPSA) is 128 Å². The maximum Gasteiger partial charge on any atom is 0.416 e. The highest BCUT2D eigenvalue weighted by molar-refractivity contribution is 7.92. The number of anilines is 1. The van der Waals surface area contributed by atoms with Crippen molar-refractivity contribution in [3.8, 4) is 33.9 Å². The van der Waals surface area contributed by atoms with E-state index in [2.05, 4.69) is 24.4 Å². The van der Waals surface area contributed by atoms with Gasteiger partial charge in [0.25, 0.3) is 10.0 Å². The van der Waals surface area contributed by atoms with E-state index in [-0.39, 0.29) is 22.3 Å². The highest BCUT2D eigenvalue weighted by atomic mass is 32.2. The number of H-pyrrole nitrogens is 1. The van der Waals surface area contributed by atoms with E-state index in [0.717, 1.165) is 28.0 Å². The van der Waals surface area contributed by atoms with Crippen molar-refractivity contribution in [2.24, 2.45) is 7.05 Å². The average molecular weight is 656 g/mol. The van der Waals surface area contributed by atoms with E-state index in [1.807, 2.05) is 0 Å². The number of pyridine rings is 1. The summed E-state index contributed by atoms with van der Waals surface area (Å²) in [5.41, 5.74) is 1.76. The number of aromatic nitrogens is 6. The molecule has 0 atom stereocenters. The number of hydrogen-bond acceptors (Lipinski definition) is 9. The van der Waals surface area contributed by atoms with Gasteiger partial charge >= 0.3 is 6.18 Å². The van der Waals surface area contributed by atoms with Crippen molar-refractivity contribution in [3.05, 3.63) is 84.4 Å². The summed E-state index contributed by atoms with van der Waals surface area (Å²) in [6.45, 7) is -0.139. The molecule has 0 spiro atoms. The third-order valence-corrected chi connectivity index (χ3v) is 9.62. The Morgan fingerprint density at radius 3 is 2.49 bits per heavy atom. The van der Waals surface area contributed by atoms with Crippen LogP contribution in [0, 0.1) is 0 Å². The first kappa shape index (κ1) is 30.1. The van der Waals surface area contributed by atoms with Gasteiger partial charge in [-0.25, -0.2) is 14.3 Å². The monoisotopic (exact) mass is 655 g/mol. The molecular weight excluding hydrogens is 631 g/mol. The van der Waals surface area contributed by atoms with Crippen LogP contribution < -0.4 is 13.8 Å². The molecule has 232 valence electrons. The van der Waals surface area contributed by atoms with E-state index in [0.29, 0.717) is 44.8 Å². The Morgan fingerprint density at radius 2 is 1.82 bits per heavy atom. The Kier molecular flexibility index (Phi) is 7.70. The van der Waals surface area contributed by atoms with Crippen molar-refractivity contribution < 1.29 is 31.1 Å². The fraction of sp³-hybridized carbons (Fsp3) is 0.172. The maximum atomic E-state index is 14.1. The zero-order chi connectivity index (χ0) is 31.9. The summed E-state index contributed by atoms with van der Waals surface area (Å²) < 4.78 is 86.4. The Labute approximate surface area is 259 Å². The molecule has 6 rings (SSSR count). The predicted octanol–water partition coefficient (Wildman–Crippen LogP) is 5.91. The number of rotatable bonds is 9. The molecule has 6 aromatic rings. The van der Waals surface area contributed by atoms with Gasteiger partial charge in [0.05, 0.1) is 32.0 Å². The van der Waals surface area contributed by atoms with Crippen LogP contribution in [0.3, 0.4) is 0 Å². The fourth-order valence-corrected chi connectivity index (χ4v) is 7.01. The number of hydrogen-bond donors (Lipinski definition) is 1. The first-order valence-corrected chi connectivity index (χ1v) is 15.4. The molecule has 0 aliphatic rings. The molecule has 45 heavy (non-hydrogen) atoms. The summed E-state index contributed by atoms with van der Waals surface area (Å²) in [4.78, 5) is 11.5. The Hall–Kier alpha value is -4.96. The van der Waals surface area contributed by atoms with Crippen LogP contribution in [0.5, 0.6) is 11.5 Å². The summed E-state index contributed by atoms with van der Waals surface area (Å²) in [7, 11) is 0.324. The van der Waals surface area contributed by atoms with Gasteiger partial charge in [-0.2, -0.15) is 31.1 Å². The van der Waals surface area contributed by atoms with E-state index < -0.39 is 21.8 Å². The second kappa shape index (κ2) is 11.5. The molecule has 0 radical (unpaired) electrons. The molecule has 0 aliphatic heterocycles. The van der Waals surface area contributed by atoms with Crippen LogP contribution in [0.15, 0.2) is 78.3 Å². The Bertz CT molecular complexity index is 2110. The van der Waals surface area contributed by atoms with Gasteiger partial charge in [-0.15, -0.1) is 0 Å². The Balaban J connectivity index is 1.43. The number of fused-ring (bicyclic) bond motifs is 1. The minimum atomic E-state index is -4.55. The second-order valence-corrected chi connectivity index (χ2v) is 12.3. The molecule has 4 aromatic heterocycles. The number of methoxy groups -OCH3 is 2. The number of halogens is 3. The van der Waals surface area contributed by atoms with Gasteiger partial charge in [0.1, 0.15) is 23.5 Å². The lowest BCUT2D eigenvalue weighted by Gasteiger charge is -2.22. The van der Waals surface area contributed by atoms with Crippen LogP contribution in [-0.4, -0.2) is 51.7 Å². The largest absolute Gasteiger partial charge is 0.497 e. The first-order valence-electron chi connectivity index (χ1n) is 13.2. The van der Waals surface area contributed by atoms with Gasteiger partial charge in [0, 0.05) is 59.1 Å². The highest BCUT2D eigenvalue weighted by Gasteiger charge is 2.33. The van der Waals surface area contributed by atoms with E-state index in [1.54, 1.807) is 43.6 Å². The normalized spacial score (nSPS) is 12.0. The number of alkyl halides is 3. The van der Waals surface area contributed by atoms with Crippen LogP contribution in [0.4, 0.5) is 18.3 Å². The van der Waals surface area contributed by atoms with Gasteiger partial charge in [-0.1, -0.05) is 6.07 Å². The molecule has 11 nitrogen and oxygen atoms in total. The van der Waals surface area contributed by atoms with Gasteiger partial charge in [0.15, 0.2) is 5.03 Å². The lowest BCUT2D eigenvalue weighted by molar-refractivity contribution is -0.137. The number of benzene rings is 2. The summed E-state index contributed by atoms with van der Waals surface area (Å²) in [6, 6.07) is 13.0. The van der Waals surface area contributed by atoms with E-state index in [9.17, 15) is 21.6 Å². The molecule has 0 unspecified atom stereocenters. The van der Waals surface area contributed by atoms with Gasteiger partial charge in [0.2, 0.25) is 5.13 Å². The number of aryl methyl sites for hydroxylation is 1. The van der Waals surface area contributed by atoms with E-state index in [4.69, 9.17) is 9.47 Å². The van der Waals surface area contributed by atoms with Gasteiger partial charge in [-0.3, -0.25) is 4.68 Å². The van der Waals surface area contributed by atoms with Crippen LogP contribution >= 0.6 is 11.5 Å². The molecule has 0 saturated heterocycles. The van der Waals surface area contributed by atoms with Gasteiger partial charge in [-0.05, 0) is 48.0 Å². The minimum Gasteiger partial charge on any atom is -0.497 e. The summed E-state index contributed by atoms with van der Waals surface area (Å²) >= 11 is 0.900. The molecule has 1 N–H and O–H groups in total. The van der Waals surface area contributed by atoms with E-state index >= 15 is 0 Å². The van der Waals surface area contributed by atoms with E-state index in [1.165, 1.54) is 43.6 Å². The number of aromatic amines is 1. The maximum absolute atomic E-state index is 14.1. The lowest BCUT2D eigenvalue weighted by Crippen LogP contribution is -2.31. The molecule has 0 saturated carbocycles. The third-order valence-electron chi connectivity index (χ3n) is 7.17. The van der Waals surface area contributed by atoms with Crippen LogP contribution in [-0.2, 0) is 29.8 Å². The van der Waals surface area contributed by atoms with Crippen LogP contribution in [0.2, 0.25) is 0 Å². The predicted molar refractivity (Wildman–Crippen MR) is 162 cm³/mol. The van der Waals surface area contributed by atoms with Crippen molar-refractivity contribution in [1.29, 1.82) is 0 Å². The zero-order valence-corrected chi connectivity index (χ0v) is 25.5. The molecule has 0 fully saturated rings. The molecule has 0 aliphatic carbocycles. The third kappa shape index (κ3) is 5.57. The SMILES string of the molecule is COc1ccc(CN(c2ncns2)S(=O)(=O)c2ccc3c(-c4ccc(C(F)(F)F)cc4-c4ccnn4C)c[nH]c3n2)c(OC)c1. The summed E-state index contributed by atoms with van der Waals surface area (Å²) in [6.07, 6.45) is -0.211. The standard InChI is InChI=1S/C29H24F3N7O4S2/c1-38-24(10-11-35-38)22-12-18(29(30,31)32)5-7-20(22)23-14-33-27-21(23)8-9-26(37-27)45(40,41)39(28-34-16-36-44-28)15-17-4-6-19(42-2)13-25(17)43-3/h4-14,16H,15H2,1-3H3,(H,33,37). The molecule has 0 amide bonds. The fourth-order valence-electron chi connectivity index (χ4n) is 4.94. The Morgan fingerprint density at radius 1 is 1.00 bits per heavy atom. The average Bonchev–Trinajstić information content (AvgIpc) is 3.80. The van der Waals surface area contributed by atoms with Crippen molar-refractivity contribution in [3.63, 3.8) is 0 Å². The quantitative estimate of drug-likeness (QED) is 0.204. The molecule has 4 heterocycles. The van der Waals surface area contributed by atoms with Crippen molar-refractivity contribution in [1.82, 2.24) is 29.1 Å². The second-order valence-electron chi connectivity index (χ2n) is 9.76.